The summed E-state index contributed by atoms with van der Waals surface area (Å²) in [6.07, 6.45) is 29.9. The Balaban J connectivity index is 1.17. The molecule has 1 heteroatoms. The molecule has 0 aliphatic heterocycles. The van der Waals surface area contributed by atoms with Gasteiger partial charge in [0.1, 0.15) is 5.82 Å². The van der Waals surface area contributed by atoms with E-state index in [1.54, 1.807) is 6.07 Å². The van der Waals surface area contributed by atoms with Crippen molar-refractivity contribution < 1.29 is 4.39 Å². The largest absolute Gasteiger partial charge is 0.207 e. The van der Waals surface area contributed by atoms with E-state index in [-0.39, 0.29) is 5.82 Å². The summed E-state index contributed by atoms with van der Waals surface area (Å²) >= 11 is 0. The van der Waals surface area contributed by atoms with E-state index in [1.807, 2.05) is 18.2 Å². The van der Waals surface area contributed by atoms with Crippen LogP contribution in [0, 0.1) is 23.6 Å². The topological polar surface area (TPSA) is 0 Å². The van der Waals surface area contributed by atoms with Gasteiger partial charge in [-0.05, 0) is 73.8 Å². The summed E-state index contributed by atoms with van der Waals surface area (Å²) in [5, 5.41) is 0. The highest BCUT2D eigenvalue weighted by Gasteiger charge is 2.31. The number of benzene rings is 1. The molecule has 0 amide bonds. The molecule has 1 aromatic carbocycles. The van der Waals surface area contributed by atoms with E-state index in [2.05, 4.69) is 6.92 Å². The minimum absolute atomic E-state index is 0.0132. The molecule has 0 saturated heterocycles. The van der Waals surface area contributed by atoms with Crippen molar-refractivity contribution in [3.63, 3.8) is 0 Å². The van der Waals surface area contributed by atoms with Gasteiger partial charge in [0.25, 0.3) is 0 Å². The van der Waals surface area contributed by atoms with E-state index in [1.165, 1.54) is 135 Å². The summed E-state index contributed by atoms with van der Waals surface area (Å²) < 4.78 is 14.1. The van der Waals surface area contributed by atoms with Crippen molar-refractivity contribution >= 4 is 0 Å². The third kappa shape index (κ3) is 9.73. The number of hydrogen-bond donors (Lipinski definition) is 0. The second kappa shape index (κ2) is 15.9. The molecule has 0 spiro atoms. The lowest BCUT2D eigenvalue weighted by atomic mass is 9.68. The van der Waals surface area contributed by atoms with Gasteiger partial charge in [0.15, 0.2) is 0 Å². The summed E-state index contributed by atoms with van der Waals surface area (Å²) in [6, 6.07) is 7.47. The zero-order valence-electron chi connectivity index (χ0n) is 21.8. The fourth-order valence-electron chi connectivity index (χ4n) is 6.93. The third-order valence-corrected chi connectivity index (χ3v) is 9.14. The Morgan fingerprint density at radius 1 is 0.606 bits per heavy atom. The highest BCUT2D eigenvalue weighted by atomic mass is 19.1. The van der Waals surface area contributed by atoms with E-state index >= 15 is 0 Å². The van der Waals surface area contributed by atoms with Crippen LogP contribution in [0.1, 0.15) is 153 Å². The number of halogens is 1. The smallest absolute Gasteiger partial charge is 0.126 e. The Labute approximate surface area is 205 Å². The lowest BCUT2D eigenvalue weighted by Gasteiger charge is -2.38. The van der Waals surface area contributed by atoms with Gasteiger partial charge in [-0.2, -0.15) is 0 Å². The van der Waals surface area contributed by atoms with Gasteiger partial charge in [0.2, 0.25) is 0 Å². The summed E-state index contributed by atoms with van der Waals surface area (Å²) in [4.78, 5) is 0. The van der Waals surface area contributed by atoms with Crippen LogP contribution in [0.15, 0.2) is 24.3 Å². The molecular weight excluding hydrogens is 403 g/mol. The van der Waals surface area contributed by atoms with Gasteiger partial charge < -0.3 is 0 Å². The molecule has 0 unspecified atom stereocenters. The van der Waals surface area contributed by atoms with Crippen LogP contribution in [0.5, 0.6) is 0 Å². The van der Waals surface area contributed by atoms with Crippen molar-refractivity contribution in [2.45, 2.75) is 148 Å². The van der Waals surface area contributed by atoms with Gasteiger partial charge in [-0.3, -0.25) is 0 Å². The van der Waals surface area contributed by atoms with E-state index in [9.17, 15) is 4.39 Å². The van der Waals surface area contributed by atoms with Crippen LogP contribution in [-0.4, -0.2) is 0 Å². The maximum Gasteiger partial charge on any atom is 0.126 e. The molecule has 0 heterocycles. The Morgan fingerprint density at radius 3 is 1.64 bits per heavy atom. The first-order valence-corrected chi connectivity index (χ1v) is 15.0. The van der Waals surface area contributed by atoms with Gasteiger partial charge in [-0.1, -0.05) is 121 Å². The minimum Gasteiger partial charge on any atom is -0.207 e. The van der Waals surface area contributed by atoms with Crippen LogP contribution in [-0.2, 0) is 0 Å². The van der Waals surface area contributed by atoms with Crippen LogP contribution in [0.3, 0.4) is 0 Å². The second-order valence-electron chi connectivity index (χ2n) is 11.6. The van der Waals surface area contributed by atoms with Gasteiger partial charge in [-0.25, -0.2) is 4.39 Å². The van der Waals surface area contributed by atoms with Crippen LogP contribution in [0.25, 0.3) is 0 Å². The second-order valence-corrected chi connectivity index (χ2v) is 11.6. The van der Waals surface area contributed by atoms with Gasteiger partial charge in [-0.15, -0.1) is 0 Å². The molecule has 0 nitrogen and oxygen atoms in total. The van der Waals surface area contributed by atoms with Crippen molar-refractivity contribution in [3.05, 3.63) is 35.6 Å². The van der Waals surface area contributed by atoms with E-state index in [0.717, 1.165) is 23.3 Å². The van der Waals surface area contributed by atoms with Gasteiger partial charge in [0, 0.05) is 0 Å². The summed E-state index contributed by atoms with van der Waals surface area (Å²) in [7, 11) is 0. The first-order valence-electron chi connectivity index (χ1n) is 15.0. The first-order chi connectivity index (χ1) is 16.3. The van der Waals surface area contributed by atoms with Crippen molar-refractivity contribution in [2.75, 3.05) is 0 Å². The van der Waals surface area contributed by atoms with Crippen molar-refractivity contribution in [2.24, 2.45) is 17.8 Å². The Morgan fingerprint density at radius 2 is 1.09 bits per heavy atom. The summed E-state index contributed by atoms with van der Waals surface area (Å²) in [6.45, 7) is 2.30. The highest BCUT2D eigenvalue weighted by molar-refractivity contribution is 5.22. The van der Waals surface area contributed by atoms with Crippen molar-refractivity contribution in [3.8, 4) is 0 Å². The van der Waals surface area contributed by atoms with Crippen LogP contribution >= 0.6 is 0 Å². The SMILES string of the molecule is CCCCCCCCCCCCCCC1CCC(C2CCC(c3ccccc3F)CC2)CC1. The minimum atomic E-state index is 0.0132. The molecule has 1 aromatic rings. The zero-order valence-corrected chi connectivity index (χ0v) is 21.8. The van der Waals surface area contributed by atoms with E-state index in [4.69, 9.17) is 0 Å². The molecule has 0 N–H and O–H groups in total. The van der Waals surface area contributed by atoms with E-state index in [0.29, 0.717) is 5.92 Å². The fraction of sp³-hybridized carbons (Fsp3) is 0.812. The molecular formula is C32H53F. The monoisotopic (exact) mass is 456 g/mol. The molecule has 2 aliphatic carbocycles. The number of rotatable bonds is 15. The maximum atomic E-state index is 14.1. The summed E-state index contributed by atoms with van der Waals surface area (Å²) in [5.74, 6) is 3.37. The molecule has 2 saturated carbocycles. The van der Waals surface area contributed by atoms with Crippen molar-refractivity contribution in [1.82, 2.24) is 0 Å². The highest BCUT2D eigenvalue weighted by Crippen LogP contribution is 2.44. The van der Waals surface area contributed by atoms with Crippen LogP contribution in [0.2, 0.25) is 0 Å². The van der Waals surface area contributed by atoms with Crippen LogP contribution < -0.4 is 0 Å². The molecule has 0 bridgehead atoms. The quantitative estimate of drug-likeness (QED) is 0.230. The Hall–Kier alpha value is -0.850. The molecule has 3 rings (SSSR count). The molecule has 0 radical (unpaired) electrons. The van der Waals surface area contributed by atoms with Crippen molar-refractivity contribution in [1.29, 1.82) is 0 Å². The third-order valence-electron chi connectivity index (χ3n) is 9.14. The normalized spacial score (nSPS) is 25.9. The Bertz CT molecular complexity index is 607. The maximum absolute atomic E-state index is 14.1. The van der Waals surface area contributed by atoms with Gasteiger partial charge >= 0.3 is 0 Å². The molecule has 0 aromatic heterocycles. The molecule has 33 heavy (non-hydrogen) atoms. The lowest BCUT2D eigenvalue weighted by Crippen LogP contribution is -2.25. The van der Waals surface area contributed by atoms with E-state index < -0.39 is 0 Å². The molecule has 0 atom stereocenters. The fourth-order valence-corrected chi connectivity index (χ4v) is 6.93. The predicted octanol–water partition coefficient (Wildman–Crippen LogP) is 11.0. The molecule has 2 aliphatic rings. The lowest BCUT2D eigenvalue weighted by molar-refractivity contribution is 0.155. The number of unbranched alkanes of at least 4 members (excludes halogenated alkanes) is 11. The molecule has 188 valence electrons. The number of hydrogen-bond acceptors (Lipinski definition) is 0. The predicted molar refractivity (Wildman–Crippen MR) is 142 cm³/mol. The Kier molecular flexibility index (Phi) is 12.9. The standard InChI is InChI=1S/C32H53F/c1-2-3-4-5-6-7-8-9-10-11-12-13-16-27-19-21-28(22-20-27)29-23-25-30(26-24-29)31-17-14-15-18-32(31)33/h14-15,17-18,27-30H,2-13,16,19-26H2,1H3. The molecule has 2 fully saturated rings. The first kappa shape index (κ1) is 26.7. The zero-order chi connectivity index (χ0) is 23.1. The van der Waals surface area contributed by atoms with Crippen LogP contribution in [0.4, 0.5) is 4.39 Å². The average Bonchev–Trinajstić information content (AvgIpc) is 2.85. The van der Waals surface area contributed by atoms with Gasteiger partial charge in [0.05, 0.1) is 0 Å². The average molecular weight is 457 g/mol. The summed E-state index contributed by atoms with van der Waals surface area (Å²) in [5.41, 5.74) is 0.974.